The molecule has 6 nitrogen and oxygen atoms in total. The summed E-state index contributed by atoms with van der Waals surface area (Å²) in [5.41, 5.74) is 8.10. The van der Waals surface area contributed by atoms with Crippen molar-refractivity contribution in [3.05, 3.63) is 71.4 Å². The number of hydrogen-bond acceptors (Lipinski definition) is 6. The zero-order valence-corrected chi connectivity index (χ0v) is 17.7. The maximum Gasteiger partial charge on any atom is 0.248 e. The summed E-state index contributed by atoms with van der Waals surface area (Å²) in [4.78, 5) is 24.6. The Morgan fingerprint density at radius 2 is 1.93 bits per heavy atom. The number of carbonyl (C=O) groups is 1. The Hall–Kier alpha value is -3.06. The Bertz CT molecular complexity index is 1030. The van der Waals surface area contributed by atoms with Gasteiger partial charge in [-0.2, -0.15) is 4.98 Å². The highest BCUT2D eigenvalue weighted by molar-refractivity contribution is 7.99. The molecule has 3 aromatic rings. The molecule has 4 rings (SSSR count). The molecule has 7 heteroatoms. The molecule has 0 radical (unpaired) electrons. The van der Waals surface area contributed by atoms with Crippen molar-refractivity contribution in [1.29, 1.82) is 0 Å². The van der Waals surface area contributed by atoms with Crippen LogP contribution in [0.15, 0.2) is 64.5 Å². The first-order valence-corrected chi connectivity index (χ1v) is 10.8. The maximum absolute atomic E-state index is 11.3. The average Bonchev–Trinajstić information content (AvgIpc) is 3.28. The minimum absolute atomic E-state index is 0.437. The van der Waals surface area contributed by atoms with Crippen molar-refractivity contribution in [3.8, 4) is 5.88 Å². The molecular weight excluding hydrogens is 396 g/mol. The molecule has 0 saturated carbocycles. The van der Waals surface area contributed by atoms with Crippen LogP contribution in [0.2, 0.25) is 0 Å². The van der Waals surface area contributed by atoms with Crippen LogP contribution in [0.4, 0.5) is 5.95 Å². The third kappa shape index (κ3) is 4.91. The van der Waals surface area contributed by atoms with Crippen LogP contribution in [-0.4, -0.2) is 29.0 Å². The number of aryl methyl sites for hydroxylation is 1. The van der Waals surface area contributed by atoms with E-state index in [2.05, 4.69) is 28.9 Å². The number of hydrogen-bond donors (Lipinski definition) is 1. The van der Waals surface area contributed by atoms with Crippen LogP contribution in [0.25, 0.3) is 0 Å². The van der Waals surface area contributed by atoms with Crippen LogP contribution in [0.1, 0.15) is 34.3 Å². The average molecular weight is 421 g/mol. The van der Waals surface area contributed by atoms with Gasteiger partial charge in [-0.25, -0.2) is 4.98 Å². The normalized spacial score (nSPS) is 13.4. The summed E-state index contributed by atoms with van der Waals surface area (Å²) in [5, 5.41) is 0. The van der Waals surface area contributed by atoms with Gasteiger partial charge >= 0.3 is 0 Å². The van der Waals surface area contributed by atoms with Gasteiger partial charge in [-0.05, 0) is 49.6 Å². The van der Waals surface area contributed by atoms with Gasteiger partial charge in [0.25, 0.3) is 0 Å². The summed E-state index contributed by atoms with van der Waals surface area (Å²) in [6.07, 6.45) is 4.13. The third-order valence-electron chi connectivity index (χ3n) is 4.92. The molecule has 1 fully saturated rings. The fourth-order valence-corrected chi connectivity index (χ4v) is 4.18. The number of benzene rings is 2. The van der Waals surface area contributed by atoms with Gasteiger partial charge in [-0.3, -0.25) is 4.79 Å². The minimum atomic E-state index is -0.438. The van der Waals surface area contributed by atoms with E-state index >= 15 is 0 Å². The number of ether oxygens (including phenoxy) is 1. The van der Waals surface area contributed by atoms with Crippen molar-refractivity contribution in [3.63, 3.8) is 0 Å². The van der Waals surface area contributed by atoms with Crippen molar-refractivity contribution in [2.24, 2.45) is 5.73 Å². The largest absolute Gasteiger partial charge is 0.472 e. The van der Waals surface area contributed by atoms with Crippen LogP contribution in [0.5, 0.6) is 5.88 Å². The molecular formula is C23H24N4O2S. The number of anilines is 1. The van der Waals surface area contributed by atoms with Crippen LogP contribution < -0.4 is 15.4 Å². The van der Waals surface area contributed by atoms with Gasteiger partial charge in [0.1, 0.15) is 6.61 Å². The number of rotatable bonds is 7. The summed E-state index contributed by atoms with van der Waals surface area (Å²) < 4.78 is 6.14. The molecule has 0 aliphatic carbocycles. The Balaban J connectivity index is 1.58. The zero-order valence-electron chi connectivity index (χ0n) is 16.9. The molecule has 0 unspecified atom stereocenters. The molecule has 0 spiro atoms. The SMILES string of the molecule is Cc1cccc(COc2nc(N3CCCC3)ncc2Sc2ccc(C(N)=O)cc2)c1. The number of nitrogens with two attached hydrogens (primary N) is 1. The molecule has 0 atom stereocenters. The molecule has 1 aliphatic heterocycles. The van der Waals surface area contributed by atoms with Crippen LogP contribution in [-0.2, 0) is 6.61 Å². The van der Waals surface area contributed by atoms with Crippen LogP contribution >= 0.6 is 11.8 Å². The van der Waals surface area contributed by atoms with Gasteiger partial charge in [0.2, 0.25) is 17.7 Å². The Labute approximate surface area is 180 Å². The summed E-state index contributed by atoms with van der Waals surface area (Å²) in [6.45, 7) is 4.44. The number of primary amides is 1. The molecule has 0 bridgehead atoms. The minimum Gasteiger partial charge on any atom is -0.472 e. The fourth-order valence-electron chi connectivity index (χ4n) is 3.36. The fraction of sp³-hybridized carbons (Fsp3) is 0.261. The predicted octanol–water partition coefficient (Wildman–Crippen LogP) is 4.21. The van der Waals surface area contributed by atoms with Gasteiger partial charge in [0, 0.05) is 23.5 Å². The Morgan fingerprint density at radius 3 is 2.63 bits per heavy atom. The lowest BCUT2D eigenvalue weighted by Crippen LogP contribution is -2.20. The van der Waals surface area contributed by atoms with Crippen molar-refractivity contribution in [2.75, 3.05) is 18.0 Å². The Kier molecular flexibility index (Phi) is 6.18. The van der Waals surface area contributed by atoms with E-state index in [-0.39, 0.29) is 0 Å². The van der Waals surface area contributed by atoms with Crippen molar-refractivity contribution < 1.29 is 9.53 Å². The second-order valence-corrected chi connectivity index (χ2v) is 8.42. The van der Waals surface area contributed by atoms with E-state index in [4.69, 9.17) is 15.5 Å². The number of carbonyl (C=O) groups excluding carboxylic acids is 1. The molecule has 2 aromatic carbocycles. The van der Waals surface area contributed by atoms with E-state index in [0.717, 1.165) is 41.3 Å². The summed E-state index contributed by atoms with van der Waals surface area (Å²) in [5.74, 6) is 0.838. The zero-order chi connectivity index (χ0) is 20.9. The van der Waals surface area contributed by atoms with E-state index in [1.807, 2.05) is 30.5 Å². The second kappa shape index (κ2) is 9.17. The van der Waals surface area contributed by atoms with Crippen LogP contribution in [0.3, 0.4) is 0 Å². The van der Waals surface area contributed by atoms with Gasteiger partial charge in [-0.15, -0.1) is 0 Å². The van der Waals surface area contributed by atoms with E-state index in [1.54, 1.807) is 12.1 Å². The van der Waals surface area contributed by atoms with Gasteiger partial charge < -0.3 is 15.4 Å². The molecule has 1 saturated heterocycles. The first kappa shape index (κ1) is 20.2. The lowest BCUT2D eigenvalue weighted by atomic mass is 10.1. The highest BCUT2D eigenvalue weighted by Crippen LogP contribution is 2.35. The van der Waals surface area contributed by atoms with E-state index < -0.39 is 5.91 Å². The first-order valence-electron chi connectivity index (χ1n) is 9.96. The summed E-state index contributed by atoms with van der Waals surface area (Å²) in [7, 11) is 0. The number of nitrogens with zero attached hydrogens (tertiary/aromatic N) is 3. The molecule has 2 N–H and O–H groups in total. The van der Waals surface area contributed by atoms with Gasteiger partial charge in [0.05, 0.1) is 11.1 Å². The van der Waals surface area contributed by atoms with Crippen LogP contribution in [0, 0.1) is 6.92 Å². The highest BCUT2D eigenvalue weighted by Gasteiger charge is 2.18. The van der Waals surface area contributed by atoms with Crippen molar-refractivity contribution in [1.82, 2.24) is 9.97 Å². The van der Waals surface area contributed by atoms with Crippen molar-refractivity contribution >= 4 is 23.6 Å². The first-order chi connectivity index (χ1) is 14.6. The van der Waals surface area contributed by atoms with Gasteiger partial charge in [0.15, 0.2) is 0 Å². The smallest absolute Gasteiger partial charge is 0.248 e. The molecule has 1 aromatic heterocycles. The topological polar surface area (TPSA) is 81.3 Å². The van der Waals surface area contributed by atoms with Crippen molar-refractivity contribution in [2.45, 2.75) is 36.2 Å². The Morgan fingerprint density at radius 1 is 1.17 bits per heavy atom. The van der Waals surface area contributed by atoms with E-state index in [0.29, 0.717) is 24.0 Å². The number of amides is 1. The lowest BCUT2D eigenvalue weighted by Gasteiger charge is -2.17. The molecule has 1 amide bonds. The molecule has 154 valence electrons. The predicted molar refractivity (Wildman–Crippen MR) is 118 cm³/mol. The number of aromatic nitrogens is 2. The second-order valence-electron chi connectivity index (χ2n) is 7.30. The highest BCUT2D eigenvalue weighted by atomic mass is 32.2. The monoisotopic (exact) mass is 420 g/mol. The van der Waals surface area contributed by atoms with E-state index in [1.165, 1.54) is 17.3 Å². The molecule has 1 aliphatic rings. The lowest BCUT2D eigenvalue weighted by molar-refractivity contribution is 0.1000. The maximum atomic E-state index is 11.3. The standard InChI is InChI=1S/C23H24N4O2S/c1-16-5-4-6-17(13-16)15-29-22-20(14-25-23(26-22)27-11-2-3-12-27)30-19-9-7-18(8-10-19)21(24)28/h4-10,13-14H,2-3,11-12,15H2,1H3,(H2,24,28). The summed E-state index contributed by atoms with van der Waals surface area (Å²) >= 11 is 1.50. The quantitative estimate of drug-likeness (QED) is 0.616. The summed E-state index contributed by atoms with van der Waals surface area (Å²) in [6, 6.07) is 15.4. The molecule has 30 heavy (non-hydrogen) atoms. The third-order valence-corrected chi connectivity index (χ3v) is 5.93. The van der Waals surface area contributed by atoms with E-state index in [9.17, 15) is 4.79 Å². The van der Waals surface area contributed by atoms with Gasteiger partial charge in [-0.1, -0.05) is 41.6 Å². The molecule has 2 heterocycles.